The number of fused-ring (bicyclic) bond motifs is 1. The predicted molar refractivity (Wildman–Crippen MR) is 114 cm³/mol. The van der Waals surface area contributed by atoms with Crippen LogP contribution in [0.2, 0.25) is 0 Å². The van der Waals surface area contributed by atoms with E-state index in [1.807, 2.05) is 38.1 Å². The van der Waals surface area contributed by atoms with Crippen LogP contribution >= 0.6 is 0 Å². The summed E-state index contributed by atoms with van der Waals surface area (Å²) in [5.74, 6) is -0.899. The van der Waals surface area contributed by atoms with E-state index in [1.165, 1.54) is 4.90 Å². The lowest BCUT2D eigenvalue weighted by atomic mass is 10.1. The lowest BCUT2D eigenvalue weighted by Gasteiger charge is -2.18. The molecule has 2 aromatic carbocycles. The summed E-state index contributed by atoms with van der Waals surface area (Å²) in [7, 11) is 1.68. The highest BCUT2D eigenvalue weighted by atomic mass is 16.5. The van der Waals surface area contributed by atoms with E-state index in [4.69, 9.17) is 4.74 Å². The molecular weight excluding hydrogens is 382 g/mol. The molecule has 1 heterocycles. The van der Waals surface area contributed by atoms with Crippen molar-refractivity contribution in [2.45, 2.75) is 33.9 Å². The average molecular weight is 407 g/mol. The first-order valence-electron chi connectivity index (χ1n) is 9.78. The van der Waals surface area contributed by atoms with Crippen LogP contribution in [0.25, 0.3) is 11.0 Å². The van der Waals surface area contributed by atoms with E-state index in [1.54, 1.807) is 36.7 Å². The third-order valence-corrected chi connectivity index (χ3v) is 5.08. The van der Waals surface area contributed by atoms with Gasteiger partial charge in [0.1, 0.15) is 5.69 Å². The van der Waals surface area contributed by atoms with E-state index in [0.717, 1.165) is 11.1 Å². The van der Waals surface area contributed by atoms with Gasteiger partial charge >= 0.3 is 5.97 Å². The van der Waals surface area contributed by atoms with Gasteiger partial charge in [0.05, 0.1) is 16.6 Å². The number of rotatable bonds is 6. The van der Waals surface area contributed by atoms with Gasteiger partial charge in [0.25, 0.3) is 11.5 Å². The van der Waals surface area contributed by atoms with Crippen LogP contribution in [-0.4, -0.2) is 40.0 Å². The Labute approximate surface area is 174 Å². The minimum Gasteiger partial charge on any atom is -0.452 e. The van der Waals surface area contributed by atoms with Gasteiger partial charge in [-0.15, -0.1) is 0 Å². The molecule has 7 nitrogen and oxygen atoms in total. The topological polar surface area (TPSA) is 81.5 Å². The van der Waals surface area contributed by atoms with Crippen molar-refractivity contribution in [1.82, 2.24) is 14.5 Å². The molecule has 0 spiro atoms. The number of esters is 1. The van der Waals surface area contributed by atoms with E-state index >= 15 is 0 Å². The Morgan fingerprint density at radius 1 is 1.13 bits per heavy atom. The van der Waals surface area contributed by atoms with Gasteiger partial charge in [-0.25, -0.2) is 9.78 Å². The minimum atomic E-state index is -0.608. The Morgan fingerprint density at radius 2 is 1.87 bits per heavy atom. The minimum absolute atomic E-state index is 0.150. The molecule has 0 unspecified atom stereocenters. The maximum atomic E-state index is 12.4. The summed E-state index contributed by atoms with van der Waals surface area (Å²) in [5.41, 5.74) is 3.82. The Bertz CT molecular complexity index is 1170. The fourth-order valence-electron chi connectivity index (χ4n) is 3.27. The number of hydrogen-bond donors (Lipinski definition) is 0. The van der Waals surface area contributed by atoms with Crippen molar-refractivity contribution in [2.75, 3.05) is 13.7 Å². The quantitative estimate of drug-likeness (QED) is 0.587. The summed E-state index contributed by atoms with van der Waals surface area (Å²) in [6.45, 7) is 6.10. The van der Waals surface area contributed by atoms with Crippen LogP contribution < -0.4 is 5.56 Å². The van der Waals surface area contributed by atoms with Gasteiger partial charge in [0.15, 0.2) is 6.61 Å². The SMILES string of the molecule is CCn1c(=O)c(C)nc2cc(C(=O)OCC(=O)N(C)Cc3ccccc3C)ccc21. The predicted octanol–water partition coefficient (Wildman–Crippen LogP) is 2.85. The second-order valence-corrected chi connectivity index (χ2v) is 7.20. The molecule has 7 heteroatoms. The standard InChI is InChI=1S/C23H25N3O4/c1-5-26-20-11-10-17(12-19(20)24-16(3)22(26)28)23(29)30-14-21(27)25(4)13-18-9-7-6-8-15(18)2/h6-12H,5,13-14H2,1-4H3. The molecule has 0 fully saturated rings. The molecule has 0 bridgehead atoms. The van der Waals surface area contributed by atoms with E-state index in [9.17, 15) is 14.4 Å². The molecule has 0 aliphatic carbocycles. The third kappa shape index (κ3) is 4.40. The number of aryl methyl sites for hydroxylation is 3. The van der Waals surface area contributed by atoms with Crippen molar-refractivity contribution < 1.29 is 14.3 Å². The van der Waals surface area contributed by atoms with Crippen molar-refractivity contribution in [3.63, 3.8) is 0 Å². The van der Waals surface area contributed by atoms with Gasteiger partial charge in [-0.3, -0.25) is 9.59 Å². The molecule has 0 aliphatic rings. The molecule has 30 heavy (non-hydrogen) atoms. The van der Waals surface area contributed by atoms with Crippen LogP contribution in [0.3, 0.4) is 0 Å². The van der Waals surface area contributed by atoms with Crippen LogP contribution in [-0.2, 0) is 22.6 Å². The van der Waals surface area contributed by atoms with E-state index < -0.39 is 5.97 Å². The number of ether oxygens (including phenoxy) is 1. The molecule has 0 atom stereocenters. The maximum absolute atomic E-state index is 12.4. The highest BCUT2D eigenvalue weighted by Gasteiger charge is 2.16. The van der Waals surface area contributed by atoms with Crippen LogP contribution in [0, 0.1) is 13.8 Å². The molecular formula is C23H25N3O4. The normalized spacial score (nSPS) is 10.8. The van der Waals surface area contributed by atoms with Crippen molar-refractivity contribution in [2.24, 2.45) is 0 Å². The average Bonchev–Trinajstić information content (AvgIpc) is 2.74. The highest BCUT2D eigenvalue weighted by molar-refractivity contribution is 5.94. The molecule has 0 aliphatic heterocycles. The van der Waals surface area contributed by atoms with Crippen molar-refractivity contribution >= 4 is 22.9 Å². The fourth-order valence-corrected chi connectivity index (χ4v) is 3.27. The number of carbonyl (C=O) groups excluding carboxylic acids is 2. The molecule has 0 saturated heterocycles. The second-order valence-electron chi connectivity index (χ2n) is 7.20. The Hall–Kier alpha value is -3.48. The second kappa shape index (κ2) is 8.90. The van der Waals surface area contributed by atoms with E-state index in [2.05, 4.69) is 4.98 Å². The van der Waals surface area contributed by atoms with Crippen LogP contribution in [0.5, 0.6) is 0 Å². The first-order valence-corrected chi connectivity index (χ1v) is 9.78. The fraction of sp³-hybridized carbons (Fsp3) is 0.304. The Balaban J connectivity index is 1.69. The molecule has 3 aromatic rings. The number of aromatic nitrogens is 2. The number of carbonyl (C=O) groups is 2. The molecule has 0 radical (unpaired) electrons. The lowest BCUT2D eigenvalue weighted by Crippen LogP contribution is -2.31. The molecule has 1 aromatic heterocycles. The van der Waals surface area contributed by atoms with Crippen molar-refractivity contribution in [3.8, 4) is 0 Å². The first kappa shape index (κ1) is 21.2. The summed E-state index contributed by atoms with van der Waals surface area (Å²) in [4.78, 5) is 42.8. The lowest BCUT2D eigenvalue weighted by molar-refractivity contribution is -0.133. The van der Waals surface area contributed by atoms with E-state index in [-0.39, 0.29) is 23.6 Å². The number of hydrogen-bond acceptors (Lipinski definition) is 5. The molecule has 3 rings (SSSR count). The van der Waals surface area contributed by atoms with Gasteiger partial charge in [-0.2, -0.15) is 0 Å². The zero-order chi connectivity index (χ0) is 21.8. The van der Waals surface area contributed by atoms with Gasteiger partial charge in [0.2, 0.25) is 0 Å². The zero-order valence-corrected chi connectivity index (χ0v) is 17.6. The molecule has 156 valence electrons. The summed E-state index contributed by atoms with van der Waals surface area (Å²) in [5, 5.41) is 0. The monoisotopic (exact) mass is 407 g/mol. The van der Waals surface area contributed by atoms with Crippen LogP contribution in [0.15, 0.2) is 47.3 Å². The number of likely N-dealkylation sites (N-methyl/N-ethyl adjacent to an activating group) is 1. The Morgan fingerprint density at radius 3 is 2.57 bits per heavy atom. The van der Waals surface area contributed by atoms with Gasteiger partial charge in [-0.05, 0) is 50.1 Å². The largest absolute Gasteiger partial charge is 0.452 e. The summed E-state index contributed by atoms with van der Waals surface area (Å²) in [6.07, 6.45) is 0. The van der Waals surface area contributed by atoms with Crippen molar-refractivity contribution in [3.05, 3.63) is 75.2 Å². The molecule has 0 saturated carbocycles. The zero-order valence-electron chi connectivity index (χ0n) is 17.6. The van der Waals surface area contributed by atoms with Gasteiger partial charge in [-0.1, -0.05) is 24.3 Å². The summed E-state index contributed by atoms with van der Waals surface area (Å²) < 4.78 is 6.82. The first-order chi connectivity index (χ1) is 14.3. The van der Waals surface area contributed by atoms with E-state index in [0.29, 0.717) is 29.8 Å². The van der Waals surface area contributed by atoms with Gasteiger partial charge in [0, 0.05) is 20.1 Å². The number of nitrogens with zero attached hydrogens (tertiary/aromatic N) is 3. The number of benzene rings is 2. The maximum Gasteiger partial charge on any atom is 0.338 e. The molecule has 1 amide bonds. The summed E-state index contributed by atoms with van der Waals surface area (Å²) >= 11 is 0. The third-order valence-electron chi connectivity index (χ3n) is 5.08. The van der Waals surface area contributed by atoms with Gasteiger partial charge < -0.3 is 14.2 Å². The summed E-state index contributed by atoms with van der Waals surface area (Å²) in [6, 6.07) is 12.7. The van der Waals surface area contributed by atoms with Crippen LogP contribution in [0.4, 0.5) is 0 Å². The highest BCUT2D eigenvalue weighted by Crippen LogP contribution is 2.15. The number of amides is 1. The Kier molecular flexibility index (Phi) is 6.30. The van der Waals surface area contributed by atoms with Crippen LogP contribution in [0.1, 0.15) is 34.1 Å². The molecule has 0 N–H and O–H groups in total. The smallest absolute Gasteiger partial charge is 0.338 e. The van der Waals surface area contributed by atoms with Crippen molar-refractivity contribution in [1.29, 1.82) is 0 Å².